The number of hydrogen-bond donors (Lipinski definition) is 2. The number of aliphatic hydroxyl groups is 2. The highest BCUT2D eigenvalue weighted by Crippen LogP contribution is 2.35. The fourth-order valence-electron chi connectivity index (χ4n) is 3.99. The van der Waals surface area contributed by atoms with Gasteiger partial charge in [0.05, 0.1) is 0 Å². The van der Waals surface area contributed by atoms with Gasteiger partial charge < -0.3 is 19.7 Å². The minimum absolute atomic E-state index is 0.123. The van der Waals surface area contributed by atoms with Crippen LogP contribution in [0.5, 0.6) is 0 Å². The Morgan fingerprint density at radius 2 is 0.906 bits per heavy atom. The maximum atomic E-state index is 12.5. The third kappa shape index (κ3) is 12.8. The molecule has 2 N–H and O–H groups in total. The summed E-state index contributed by atoms with van der Waals surface area (Å²) in [7, 11) is 0. The molecule has 0 aliphatic heterocycles. The Balaban J connectivity index is 4.96. The van der Waals surface area contributed by atoms with Gasteiger partial charge >= 0.3 is 17.9 Å². The zero-order valence-electron chi connectivity index (χ0n) is 21.3. The number of carbonyl (C=O) groups excluding carboxylic acids is 2. The van der Waals surface area contributed by atoms with Crippen LogP contribution in [0.3, 0.4) is 0 Å². The number of hydrogen-bond acceptors (Lipinski definition) is 6. The molecule has 0 aliphatic carbocycles. The van der Waals surface area contributed by atoms with Crippen molar-refractivity contribution in [3.8, 4) is 0 Å². The van der Waals surface area contributed by atoms with Gasteiger partial charge in [0.25, 0.3) is 0 Å². The van der Waals surface area contributed by atoms with Gasteiger partial charge in [-0.25, -0.2) is 0 Å². The average molecular weight is 459 g/mol. The van der Waals surface area contributed by atoms with E-state index in [1.807, 2.05) is 13.8 Å². The molecule has 0 aromatic heterocycles. The molecule has 0 amide bonds. The molecule has 190 valence electrons. The van der Waals surface area contributed by atoms with Crippen LogP contribution in [0.2, 0.25) is 0 Å². The van der Waals surface area contributed by atoms with Crippen LogP contribution in [0.15, 0.2) is 0 Å². The van der Waals surface area contributed by atoms with Gasteiger partial charge in [-0.2, -0.15) is 0 Å². The Bertz CT molecular complexity index is 455. The first-order valence-electron chi connectivity index (χ1n) is 13.2. The topological polar surface area (TPSA) is 93.1 Å². The first kappa shape index (κ1) is 30.9. The SMILES string of the molecule is CCCCCCCCC(=O)OC(O)(OC(=O)CCCCCCCC)C(O)(CCC)CCC. The molecule has 6 heteroatoms. The van der Waals surface area contributed by atoms with Gasteiger partial charge in [-0.15, -0.1) is 0 Å². The summed E-state index contributed by atoms with van der Waals surface area (Å²) in [6.07, 6.45) is 13.8. The third-order valence-electron chi connectivity index (χ3n) is 5.89. The summed E-state index contributed by atoms with van der Waals surface area (Å²) in [4.78, 5) is 24.9. The van der Waals surface area contributed by atoms with E-state index in [0.29, 0.717) is 25.7 Å². The van der Waals surface area contributed by atoms with Gasteiger partial charge in [0.15, 0.2) is 5.60 Å². The quantitative estimate of drug-likeness (QED) is 0.115. The van der Waals surface area contributed by atoms with Gasteiger partial charge in [0.1, 0.15) is 0 Å². The van der Waals surface area contributed by atoms with E-state index >= 15 is 0 Å². The first-order chi connectivity index (χ1) is 15.3. The molecule has 0 spiro atoms. The Kier molecular flexibility index (Phi) is 17.7. The van der Waals surface area contributed by atoms with E-state index in [0.717, 1.165) is 51.4 Å². The largest absolute Gasteiger partial charge is 0.404 e. The van der Waals surface area contributed by atoms with Crippen LogP contribution in [-0.4, -0.2) is 33.7 Å². The van der Waals surface area contributed by atoms with Crippen LogP contribution in [0.4, 0.5) is 0 Å². The molecular weight excluding hydrogens is 408 g/mol. The van der Waals surface area contributed by atoms with Crippen molar-refractivity contribution >= 4 is 11.9 Å². The predicted molar refractivity (Wildman–Crippen MR) is 128 cm³/mol. The molecular formula is C26H50O6. The molecule has 0 radical (unpaired) electrons. The molecule has 0 fully saturated rings. The minimum atomic E-state index is -2.66. The molecule has 0 aromatic carbocycles. The molecule has 0 aliphatic rings. The second kappa shape index (κ2) is 18.3. The number of carbonyl (C=O) groups is 2. The standard InChI is InChI=1S/C26H50O6/c1-5-9-11-13-15-17-19-23(27)31-26(30,25(29,21-7-3)22-8-4)32-24(28)20-18-16-14-12-10-6-2/h29-30H,5-22H2,1-4H3. The van der Waals surface area contributed by atoms with Crippen molar-refractivity contribution in [1.29, 1.82) is 0 Å². The molecule has 0 rings (SSSR count). The van der Waals surface area contributed by atoms with E-state index in [4.69, 9.17) is 9.47 Å². The fourth-order valence-corrected chi connectivity index (χ4v) is 3.99. The third-order valence-corrected chi connectivity index (χ3v) is 5.89. The number of unbranched alkanes of at least 4 members (excludes halogenated alkanes) is 10. The molecule has 6 nitrogen and oxygen atoms in total. The molecule has 0 bridgehead atoms. The van der Waals surface area contributed by atoms with Crippen molar-refractivity contribution in [3.63, 3.8) is 0 Å². The minimum Gasteiger partial charge on any atom is -0.396 e. The Labute approximate surface area is 196 Å². The van der Waals surface area contributed by atoms with Gasteiger partial charge in [0.2, 0.25) is 0 Å². The Hall–Kier alpha value is -1.14. The maximum absolute atomic E-state index is 12.5. The number of rotatable bonds is 21. The lowest BCUT2D eigenvalue weighted by molar-refractivity contribution is -0.395. The van der Waals surface area contributed by atoms with Crippen molar-refractivity contribution in [2.24, 2.45) is 0 Å². The lowest BCUT2D eigenvalue weighted by atomic mass is 9.89. The average Bonchev–Trinajstić information content (AvgIpc) is 2.73. The van der Waals surface area contributed by atoms with Gasteiger partial charge in [-0.1, -0.05) is 105 Å². The molecule has 0 unspecified atom stereocenters. The molecule has 32 heavy (non-hydrogen) atoms. The van der Waals surface area contributed by atoms with Crippen LogP contribution in [0.25, 0.3) is 0 Å². The van der Waals surface area contributed by atoms with Crippen LogP contribution in [0, 0.1) is 0 Å². The van der Waals surface area contributed by atoms with Gasteiger partial charge in [0, 0.05) is 12.8 Å². The number of esters is 2. The normalized spacial score (nSPS) is 12.1. The van der Waals surface area contributed by atoms with Crippen molar-refractivity contribution < 1.29 is 29.3 Å². The first-order valence-corrected chi connectivity index (χ1v) is 13.2. The van der Waals surface area contributed by atoms with E-state index in [2.05, 4.69) is 13.8 Å². The Morgan fingerprint density at radius 1 is 0.562 bits per heavy atom. The highest BCUT2D eigenvalue weighted by Gasteiger charge is 2.55. The van der Waals surface area contributed by atoms with Crippen LogP contribution in [0.1, 0.15) is 143 Å². The summed E-state index contributed by atoms with van der Waals surface area (Å²) in [5.41, 5.74) is -1.83. The maximum Gasteiger partial charge on any atom is 0.404 e. The molecule has 0 saturated heterocycles. The van der Waals surface area contributed by atoms with E-state index in [9.17, 15) is 19.8 Å². The highest BCUT2D eigenvalue weighted by atomic mass is 16.9. The summed E-state index contributed by atoms with van der Waals surface area (Å²) < 4.78 is 10.6. The number of ether oxygens (including phenoxy) is 2. The second-order valence-electron chi connectivity index (χ2n) is 9.10. The van der Waals surface area contributed by atoms with E-state index < -0.39 is 23.5 Å². The lowest BCUT2D eigenvalue weighted by Gasteiger charge is -2.40. The van der Waals surface area contributed by atoms with E-state index in [1.165, 1.54) is 12.8 Å². The zero-order chi connectivity index (χ0) is 24.3. The molecule has 0 saturated carbocycles. The fraction of sp³-hybridized carbons (Fsp3) is 0.923. The Morgan fingerprint density at radius 3 is 1.25 bits per heavy atom. The van der Waals surface area contributed by atoms with Crippen molar-refractivity contribution in [2.45, 2.75) is 155 Å². The molecule has 0 atom stereocenters. The van der Waals surface area contributed by atoms with Crippen LogP contribution < -0.4 is 0 Å². The van der Waals surface area contributed by atoms with Gasteiger partial charge in [-0.05, 0) is 25.7 Å². The molecule has 0 heterocycles. The molecule has 0 aromatic rings. The smallest absolute Gasteiger partial charge is 0.396 e. The van der Waals surface area contributed by atoms with Crippen molar-refractivity contribution in [2.75, 3.05) is 0 Å². The lowest BCUT2D eigenvalue weighted by Crippen LogP contribution is -2.59. The summed E-state index contributed by atoms with van der Waals surface area (Å²) in [6.45, 7) is 8.02. The zero-order valence-corrected chi connectivity index (χ0v) is 21.3. The van der Waals surface area contributed by atoms with Gasteiger partial charge in [-0.3, -0.25) is 9.59 Å². The van der Waals surface area contributed by atoms with Crippen LogP contribution >= 0.6 is 0 Å². The van der Waals surface area contributed by atoms with E-state index in [1.54, 1.807) is 0 Å². The van der Waals surface area contributed by atoms with Crippen molar-refractivity contribution in [3.05, 3.63) is 0 Å². The van der Waals surface area contributed by atoms with Crippen molar-refractivity contribution in [1.82, 2.24) is 0 Å². The summed E-state index contributed by atoms with van der Waals surface area (Å²) in [5.74, 6) is -3.96. The second-order valence-corrected chi connectivity index (χ2v) is 9.10. The summed E-state index contributed by atoms with van der Waals surface area (Å²) in [5, 5.41) is 22.3. The van der Waals surface area contributed by atoms with E-state index in [-0.39, 0.29) is 25.7 Å². The van der Waals surface area contributed by atoms with Crippen LogP contribution in [-0.2, 0) is 19.1 Å². The summed E-state index contributed by atoms with van der Waals surface area (Å²) in [6, 6.07) is 0. The predicted octanol–water partition coefficient (Wildman–Crippen LogP) is 6.55. The summed E-state index contributed by atoms with van der Waals surface area (Å²) >= 11 is 0. The monoisotopic (exact) mass is 458 g/mol. The highest BCUT2D eigenvalue weighted by molar-refractivity contribution is 5.72.